The van der Waals surface area contributed by atoms with Crippen LogP contribution in [0.1, 0.15) is 10.6 Å². The number of rotatable bonds is 3. The molecule has 3 aromatic rings. The summed E-state index contributed by atoms with van der Waals surface area (Å²) in [6.07, 6.45) is 1.80. The summed E-state index contributed by atoms with van der Waals surface area (Å²) in [5.74, 6) is 1.45. The van der Waals surface area contributed by atoms with Crippen LogP contribution in [-0.4, -0.2) is 11.8 Å². The van der Waals surface area contributed by atoms with Crippen LogP contribution in [0.5, 0.6) is 11.5 Å². The van der Waals surface area contributed by atoms with Crippen molar-refractivity contribution in [3.05, 3.63) is 63.4 Å². The number of allylic oxidation sites excluding steroid dienone is 1. The number of ether oxygens (including phenoxy) is 2. The van der Waals surface area contributed by atoms with Gasteiger partial charge in [-0.05, 0) is 42.0 Å². The number of thiazole rings is 1. The smallest absolute Gasteiger partial charge is 0.231 e. The molecule has 0 spiro atoms. The monoisotopic (exact) mass is 366 g/mol. The van der Waals surface area contributed by atoms with Crippen molar-refractivity contribution < 1.29 is 9.47 Å². The van der Waals surface area contributed by atoms with Crippen LogP contribution >= 0.6 is 22.9 Å². The number of nitriles is 1. The van der Waals surface area contributed by atoms with Gasteiger partial charge in [0.05, 0.1) is 11.3 Å². The fourth-order valence-corrected chi connectivity index (χ4v) is 3.37. The highest BCUT2D eigenvalue weighted by atomic mass is 35.5. The normalized spacial score (nSPS) is 12.9. The van der Waals surface area contributed by atoms with Crippen molar-refractivity contribution in [2.24, 2.45) is 0 Å². The predicted octanol–water partition coefficient (Wildman–Crippen LogP) is 5.26. The van der Waals surface area contributed by atoms with Crippen molar-refractivity contribution in [2.45, 2.75) is 0 Å². The maximum Gasteiger partial charge on any atom is 0.231 e. The molecule has 6 heteroatoms. The summed E-state index contributed by atoms with van der Waals surface area (Å²) in [6, 6.07) is 15.2. The van der Waals surface area contributed by atoms with E-state index in [0.717, 1.165) is 22.6 Å². The van der Waals surface area contributed by atoms with Gasteiger partial charge in [-0.25, -0.2) is 4.98 Å². The van der Waals surface area contributed by atoms with Gasteiger partial charge in [-0.15, -0.1) is 11.3 Å². The van der Waals surface area contributed by atoms with E-state index < -0.39 is 0 Å². The molecule has 122 valence electrons. The second-order valence-electron chi connectivity index (χ2n) is 5.33. The van der Waals surface area contributed by atoms with Crippen LogP contribution in [0.4, 0.5) is 0 Å². The molecule has 0 amide bonds. The first-order chi connectivity index (χ1) is 12.2. The molecule has 2 aromatic carbocycles. The number of halogens is 1. The second-order valence-corrected chi connectivity index (χ2v) is 6.62. The Balaban J connectivity index is 1.65. The zero-order chi connectivity index (χ0) is 17.2. The number of hydrogen-bond donors (Lipinski definition) is 0. The number of benzene rings is 2. The molecule has 0 saturated heterocycles. The van der Waals surface area contributed by atoms with Crippen LogP contribution in [0.15, 0.2) is 47.8 Å². The lowest BCUT2D eigenvalue weighted by atomic mass is 10.1. The van der Waals surface area contributed by atoms with Gasteiger partial charge in [-0.3, -0.25) is 0 Å². The Hall–Kier alpha value is -2.81. The highest BCUT2D eigenvalue weighted by molar-refractivity contribution is 7.11. The third-order valence-corrected chi connectivity index (χ3v) is 4.83. The Morgan fingerprint density at radius 3 is 2.76 bits per heavy atom. The van der Waals surface area contributed by atoms with Gasteiger partial charge in [0, 0.05) is 16.0 Å². The first-order valence-corrected chi connectivity index (χ1v) is 8.72. The lowest BCUT2D eigenvalue weighted by Gasteiger charge is -1.99. The van der Waals surface area contributed by atoms with Crippen molar-refractivity contribution in [3.8, 4) is 28.8 Å². The maximum absolute atomic E-state index is 9.49. The van der Waals surface area contributed by atoms with Crippen molar-refractivity contribution in [1.29, 1.82) is 5.26 Å². The standard InChI is InChI=1S/C19H11ClN2O2S/c20-15-4-1-12(2-5-15)7-14(9-21)19-22-16(10-25-19)13-3-6-17-18(8-13)24-11-23-17/h1-8,10H,11H2. The summed E-state index contributed by atoms with van der Waals surface area (Å²) >= 11 is 7.33. The van der Waals surface area contributed by atoms with Crippen LogP contribution in [-0.2, 0) is 0 Å². The van der Waals surface area contributed by atoms with E-state index in [1.54, 1.807) is 18.2 Å². The van der Waals surface area contributed by atoms with Crippen LogP contribution in [0, 0.1) is 11.3 Å². The lowest BCUT2D eigenvalue weighted by Crippen LogP contribution is -1.92. The minimum absolute atomic E-state index is 0.240. The van der Waals surface area contributed by atoms with E-state index in [0.29, 0.717) is 21.4 Å². The molecule has 0 atom stereocenters. The first-order valence-electron chi connectivity index (χ1n) is 7.46. The second kappa shape index (κ2) is 6.60. The molecule has 1 aliphatic rings. The molecule has 4 rings (SSSR count). The largest absolute Gasteiger partial charge is 0.454 e. The fourth-order valence-electron chi connectivity index (χ4n) is 2.45. The molecule has 0 bridgehead atoms. The summed E-state index contributed by atoms with van der Waals surface area (Å²) in [5, 5.41) is 12.8. The first kappa shape index (κ1) is 15.7. The van der Waals surface area contributed by atoms with Crippen molar-refractivity contribution in [3.63, 3.8) is 0 Å². The average molecular weight is 367 g/mol. The van der Waals surface area contributed by atoms with E-state index in [4.69, 9.17) is 21.1 Å². The van der Waals surface area contributed by atoms with Gasteiger partial charge in [-0.2, -0.15) is 5.26 Å². The quantitative estimate of drug-likeness (QED) is 0.593. The molecule has 25 heavy (non-hydrogen) atoms. The SMILES string of the molecule is N#CC(=Cc1ccc(Cl)cc1)c1nc(-c2ccc3c(c2)OCO3)cs1. The van der Waals surface area contributed by atoms with Gasteiger partial charge >= 0.3 is 0 Å². The molecule has 1 aromatic heterocycles. The summed E-state index contributed by atoms with van der Waals surface area (Å²) in [6.45, 7) is 0.240. The Kier molecular flexibility index (Phi) is 4.14. The molecule has 1 aliphatic heterocycles. The fraction of sp³-hybridized carbons (Fsp3) is 0.0526. The van der Waals surface area contributed by atoms with Crippen LogP contribution in [0.3, 0.4) is 0 Å². The third-order valence-electron chi connectivity index (χ3n) is 3.70. The molecular formula is C19H11ClN2O2S. The summed E-state index contributed by atoms with van der Waals surface area (Å²) in [5.41, 5.74) is 3.14. The molecule has 0 radical (unpaired) electrons. The van der Waals surface area contributed by atoms with Gasteiger partial charge in [-0.1, -0.05) is 23.7 Å². The minimum Gasteiger partial charge on any atom is -0.454 e. The number of hydrogen-bond acceptors (Lipinski definition) is 5. The maximum atomic E-state index is 9.49. The van der Waals surface area contributed by atoms with Crippen LogP contribution < -0.4 is 9.47 Å². The molecule has 0 unspecified atom stereocenters. The van der Waals surface area contributed by atoms with Crippen molar-refractivity contribution in [1.82, 2.24) is 4.98 Å². The number of fused-ring (bicyclic) bond motifs is 1. The van der Waals surface area contributed by atoms with E-state index in [1.807, 2.05) is 35.7 Å². The summed E-state index contributed by atoms with van der Waals surface area (Å²) in [7, 11) is 0. The molecule has 0 N–H and O–H groups in total. The van der Waals surface area contributed by atoms with Gasteiger partial charge in [0.1, 0.15) is 11.1 Å². The molecule has 0 aliphatic carbocycles. The van der Waals surface area contributed by atoms with Crippen LogP contribution in [0.25, 0.3) is 22.9 Å². The van der Waals surface area contributed by atoms with E-state index in [-0.39, 0.29) is 6.79 Å². The predicted molar refractivity (Wildman–Crippen MR) is 98.6 cm³/mol. The van der Waals surface area contributed by atoms with Gasteiger partial charge < -0.3 is 9.47 Å². The topological polar surface area (TPSA) is 55.1 Å². The third kappa shape index (κ3) is 3.22. The Morgan fingerprint density at radius 2 is 1.96 bits per heavy atom. The van der Waals surface area contributed by atoms with Gasteiger partial charge in [0.2, 0.25) is 6.79 Å². The van der Waals surface area contributed by atoms with E-state index >= 15 is 0 Å². The molecule has 4 nitrogen and oxygen atoms in total. The van der Waals surface area contributed by atoms with Crippen molar-refractivity contribution in [2.75, 3.05) is 6.79 Å². The highest BCUT2D eigenvalue weighted by Gasteiger charge is 2.15. The molecule has 0 saturated carbocycles. The zero-order valence-electron chi connectivity index (χ0n) is 12.9. The van der Waals surface area contributed by atoms with Crippen molar-refractivity contribution >= 4 is 34.6 Å². The van der Waals surface area contributed by atoms with E-state index in [1.165, 1.54) is 11.3 Å². The Bertz CT molecular complexity index is 1000. The summed E-state index contributed by atoms with van der Waals surface area (Å²) in [4.78, 5) is 4.60. The minimum atomic E-state index is 0.240. The average Bonchev–Trinajstić information content (AvgIpc) is 3.30. The van der Waals surface area contributed by atoms with E-state index in [2.05, 4.69) is 11.1 Å². The molecule has 2 heterocycles. The highest BCUT2D eigenvalue weighted by Crippen LogP contribution is 2.36. The molecular weight excluding hydrogens is 356 g/mol. The molecule has 0 fully saturated rings. The van der Waals surface area contributed by atoms with Gasteiger partial charge in [0.15, 0.2) is 11.5 Å². The Labute approximate surface area is 153 Å². The number of nitrogens with zero attached hydrogens (tertiary/aromatic N) is 2. The van der Waals surface area contributed by atoms with Gasteiger partial charge in [0.25, 0.3) is 0 Å². The van der Waals surface area contributed by atoms with E-state index in [9.17, 15) is 5.26 Å². The lowest BCUT2D eigenvalue weighted by molar-refractivity contribution is 0.174. The summed E-state index contributed by atoms with van der Waals surface area (Å²) < 4.78 is 10.7. The number of aromatic nitrogens is 1. The zero-order valence-corrected chi connectivity index (χ0v) is 14.5. The Morgan fingerprint density at radius 1 is 1.16 bits per heavy atom. The van der Waals surface area contributed by atoms with Crippen LogP contribution in [0.2, 0.25) is 5.02 Å².